The molecule has 0 aliphatic carbocycles. The molecule has 0 aliphatic rings. The molecular formula is C19H24N2O3S. The SMILES string of the molecule is CCc1ccc(C(C)NC(=O)c2cc(C)c(C)c(S(N)(=O)=O)c2)cc1. The lowest BCUT2D eigenvalue weighted by atomic mass is 10.0. The van der Waals surface area contributed by atoms with Gasteiger partial charge in [0, 0.05) is 5.56 Å². The summed E-state index contributed by atoms with van der Waals surface area (Å²) in [7, 11) is -3.88. The Kier molecular flexibility index (Phi) is 5.65. The molecule has 0 fully saturated rings. The van der Waals surface area contributed by atoms with E-state index in [0.717, 1.165) is 12.0 Å². The Labute approximate surface area is 149 Å². The quantitative estimate of drug-likeness (QED) is 0.859. The number of hydrogen-bond donors (Lipinski definition) is 2. The van der Waals surface area contributed by atoms with Crippen molar-refractivity contribution in [1.29, 1.82) is 0 Å². The minimum atomic E-state index is -3.88. The molecule has 1 atom stereocenters. The van der Waals surface area contributed by atoms with Gasteiger partial charge in [0.2, 0.25) is 10.0 Å². The number of hydrogen-bond acceptors (Lipinski definition) is 3. The van der Waals surface area contributed by atoms with Gasteiger partial charge in [-0.3, -0.25) is 4.79 Å². The van der Waals surface area contributed by atoms with Gasteiger partial charge in [-0.05, 0) is 61.6 Å². The van der Waals surface area contributed by atoms with Gasteiger partial charge in [-0.2, -0.15) is 0 Å². The molecule has 0 spiro atoms. The molecule has 3 N–H and O–H groups in total. The predicted octanol–water partition coefficient (Wildman–Crippen LogP) is 3.00. The van der Waals surface area contributed by atoms with Gasteiger partial charge in [0.05, 0.1) is 10.9 Å². The lowest BCUT2D eigenvalue weighted by molar-refractivity contribution is 0.0939. The number of aryl methyl sites for hydroxylation is 2. The summed E-state index contributed by atoms with van der Waals surface area (Å²) in [6.07, 6.45) is 0.958. The number of sulfonamides is 1. The second-order valence-electron chi connectivity index (χ2n) is 6.25. The van der Waals surface area contributed by atoms with E-state index >= 15 is 0 Å². The zero-order valence-corrected chi connectivity index (χ0v) is 15.8. The van der Waals surface area contributed by atoms with Gasteiger partial charge in [0.25, 0.3) is 5.91 Å². The van der Waals surface area contributed by atoms with Crippen LogP contribution in [0.5, 0.6) is 0 Å². The molecule has 6 heteroatoms. The van der Waals surface area contributed by atoms with E-state index in [1.165, 1.54) is 11.6 Å². The van der Waals surface area contributed by atoms with E-state index in [1.807, 2.05) is 31.2 Å². The van der Waals surface area contributed by atoms with Crippen LogP contribution in [0.4, 0.5) is 0 Å². The smallest absolute Gasteiger partial charge is 0.251 e. The van der Waals surface area contributed by atoms with E-state index in [9.17, 15) is 13.2 Å². The minimum absolute atomic E-state index is 0.0161. The molecule has 0 aromatic heterocycles. The molecule has 25 heavy (non-hydrogen) atoms. The summed E-state index contributed by atoms with van der Waals surface area (Å²) in [5.41, 5.74) is 3.76. The van der Waals surface area contributed by atoms with Crippen molar-refractivity contribution in [2.75, 3.05) is 0 Å². The highest BCUT2D eigenvalue weighted by atomic mass is 32.2. The van der Waals surface area contributed by atoms with Crippen molar-refractivity contribution in [3.05, 3.63) is 64.2 Å². The Morgan fingerprint density at radius 3 is 2.28 bits per heavy atom. The van der Waals surface area contributed by atoms with Gasteiger partial charge in [-0.25, -0.2) is 13.6 Å². The third-order valence-corrected chi connectivity index (χ3v) is 5.46. The molecule has 2 rings (SSSR count). The number of carbonyl (C=O) groups excluding carboxylic acids is 1. The monoisotopic (exact) mass is 360 g/mol. The predicted molar refractivity (Wildman–Crippen MR) is 99.0 cm³/mol. The summed E-state index contributed by atoms with van der Waals surface area (Å²) in [6, 6.07) is 10.9. The number of primary sulfonamides is 1. The number of nitrogens with two attached hydrogens (primary N) is 1. The van der Waals surface area contributed by atoms with E-state index in [2.05, 4.69) is 12.2 Å². The molecule has 1 amide bonds. The zero-order chi connectivity index (χ0) is 18.8. The number of amides is 1. The average Bonchev–Trinajstić information content (AvgIpc) is 2.56. The Morgan fingerprint density at radius 2 is 1.76 bits per heavy atom. The topological polar surface area (TPSA) is 89.3 Å². The van der Waals surface area contributed by atoms with Crippen LogP contribution in [-0.4, -0.2) is 14.3 Å². The van der Waals surface area contributed by atoms with Crippen LogP contribution in [0.25, 0.3) is 0 Å². The summed E-state index contributed by atoms with van der Waals surface area (Å²) in [5, 5.41) is 8.16. The normalized spacial score (nSPS) is 12.7. The average molecular weight is 360 g/mol. The van der Waals surface area contributed by atoms with Gasteiger partial charge in [-0.15, -0.1) is 0 Å². The van der Waals surface area contributed by atoms with Crippen molar-refractivity contribution >= 4 is 15.9 Å². The van der Waals surface area contributed by atoms with Crippen molar-refractivity contribution in [2.45, 2.75) is 45.1 Å². The van der Waals surface area contributed by atoms with Crippen LogP contribution in [0, 0.1) is 13.8 Å². The Morgan fingerprint density at radius 1 is 1.16 bits per heavy atom. The Hall–Kier alpha value is -2.18. The highest BCUT2D eigenvalue weighted by Crippen LogP contribution is 2.21. The van der Waals surface area contributed by atoms with Gasteiger partial charge in [0.15, 0.2) is 0 Å². The number of rotatable bonds is 5. The first-order chi connectivity index (χ1) is 11.6. The fraction of sp³-hybridized carbons (Fsp3) is 0.316. The largest absolute Gasteiger partial charge is 0.346 e. The molecule has 0 saturated heterocycles. The molecule has 0 radical (unpaired) electrons. The van der Waals surface area contributed by atoms with Crippen molar-refractivity contribution in [2.24, 2.45) is 5.14 Å². The van der Waals surface area contributed by atoms with Crippen LogP contribution >= 0.6 is 0 Å². The number of benzene rings is 2. The molecule has 2 aromatic rings. The highest BCUT2D eigenvalue weighted by Gasteiger charge is 2.18. The van der Waals surface area contributed by atoms with Gasteiger partial charge in [-0.1, -0.05) is 31.2 Å². The first kappa shape index (κ1) is 19.1. The Balaban J connectivity index is 2.27. The Bertz CT molecular complexity index is 888. The first-order valence-electron chi connectivity index (χ1n) is 8.17. The summed E-state index contributed by atoms with van der Waals surface area (Å²) in [6.45, 7) is 7.41. The maximum absolute atomic E-state index is 12.5. The lowest BCUT2D eigenvalue weighted by Crippen LogP contribution is -2.27. The zero-order valence-electron chi connectivity index (χ0n) is 15.0. The third kappa shape index (κ3) is 4.46. The van der Waals surface area contributed by atoms with Crippen molar-refractivity contribution < 1.29 is 13.2 Å². The standard InChI is InChI=1S/C19H24N2O3S/c1-5-15-6-8-16(9-7-15)14(4)21-19(22)17-10-12(2)13(3)18(11-17)25(20,23)24/h6-11,14H,5H2,1-4H3,(H,21,22)(H2,20,23,24). The molecule has 0 bridgehead atoms. The molecule has 1 unspecified atom stereocenters. The maximum Gasteiger partial charge on any atom is 0.251 e. The molecule has 0 aliphatic heterocycles. The van der Waals surface area contributed by atoms with Crippen LogP contribution in [0.15, 0.2) is 41.3 Å². The fourth-order valence-corrected chi connectivity index (χ4v) is 3.54. The summed E-state index contributed by atoms with van der Waals surface area (Å²) in [5.74, 6) is -0.333. The van der Waals surface area contributed by atoms with E-state index in [4.69, 9.17) is 5.14 Å². The van der Waals surface area contributed by atoms with E-state index in [-0.39, 0.29) is 22.4 Å². The number of carbonyl (C=O) groups is 1. The van der Waals surface area contributed by atoms with Crippen molar-refractivity contribution in [3.8, 4) is 0 Å². The molecular weight excluding hydrogens is 336 g/mol. The lowest BCUT2D eigenvalue weighted by Gasteiger charge is -2.16. The molecule has 0 saturated carbocycles. The maximum atomic E-state index is 12.5. The van der Waals surface area contributed by atoms with Crippen molar-refractivity contribution in [3.63, 3.8) is 0 Å². The van der Waals surface area contributed by atoms with Crippen LogP contribution in [0.2, 0.25) is 0 Å². The third-order valence-electron chi connectivity index (χ3n) is 4.42. The van der Waals surface area contributed by atoms with E-state index in [0.29, 0.717) is 11.1 Å². The van der Waals surface area contributed by atoms with Gasteiger partial charge < -0.3 is 5.32 Å². The van der Waals surface area contributed by atoms with Gasteiger partial charge >= 0.3 is 0 Å². The van der Waals surface area contributed by atoms with Gasteiger partial charge in [0.1, 0.15) is 0 Å². The van der Waals surface area contributed by atoms with Crippen LogP contribution in [0.3, 0.4) is 0 Å². The molecule has 2 aromatic carbocycles. The summed E-state index contributed by atoms with van der Waals surface area (Å²) >= 11 is 0. The highest BCUT2D eigenvalue weighted by molar-refractivity contribution is 7.89. The molecule has 0 heterocycles. The minimum Gasteiger partial charge on any atom is -0.346 e. The van der Waals surface area contributed by atoms with E-state index in [1.54, 1.807) is 19.9 Å². The first-order valence-corrected chi connectivity index (χ1v) is 9.72. The van der Waals surface area contributed by atoms with Crippen molar-refractivity contribution in [1.82, 2.24) is 5.32 Å². The van der Waals surface area contributed by atoms with Crippen LogP contribution < -0.4 is 10.5 Å². The van der Waals surface area contributed by atoms with Crippen LogP contribution in [-0.2, 0) is 16.4 Å². The van der Waals surface area contributed by atoms with Crippen LogP contribution in [0.1, 0.15) is 52.5 Å². The summed E-state index contributed by atoms with van der Waals surface area (Å²) in [4.78, 5) is 12.5. The second-order valence-corrected chi connectivity index (χ2v) is 7.78. The fourth-order valence-electron chi connectivity index (χ4n) is 2.66. The van der Waals surface area contributed by atoms with E-state index < -0.39 is 10.0 Å². The number of nitrogens with one attached hydrogen (secondary N) is 1. The summed E-state index contributed by atoms with van der Waals surface area (Å²) < 4.78 is 23.5. The second kappa shape index (κ2) is 7.37. The molecule has 5 nitrogen and oxygen atoms in total. The molecule has 134 valence electrons.